The maximum atomic E-state index is 5.97. The summed E-state index contributed by atoms with van der Waals surface area (Å²) >= 11 is 2.21. The van der Waals surface area contributed by atoms with E-state index in [4.69, 9.17) is 4.74 Å². The number of benzene rings is 1. The van der Waals surface area contributed by atoms with Crippen molar-refractivity contribution in [2.45, 2.75) is 19.1 Å². The maximum Gasteiger partial charge on any atom is 0.230 e. The van der Waals surface area contributed by atoms with Gasteiger partial charge in [-0.25, -0.2) is 9.97 Å². The lowest BCUT2D eigenvalue weighted by molar-refractivity contribution is 0.189. The summed E-state index contributed by atoms with van der Waals surface area (Å²) in [6.45, 7) is 3.01. The quantitative estimate of drug-likeness (QED) is 0.764. The molecule has 0 bridgehead atoms. The molecule has 5 heteroatoms. The Hall–Kier alpha value is -1.21. The Morgan fingerprint density at radius 3 is 2.95 bits per heavy atom. The molecule has 1 aromatic heterocycles. The topological polar surface area (TPSA) is 38.3 Å². The third kappa shape index (κ3) is 3.46. The molecule has 0 radical (unpaired) electrons. The van der Waals surface area contributed by atoms with Crippen LogP contribution >= 0.6 is 22.6 Å². The summed E-state index contributed by atoms with van der Waals surface area (Å²) in [7, 11) is 0. The number of rotatable bonds is 4. The fourth-order valence-electron chi connectivity index (χ4n) is 2.42. The Labute approximate surface area is 132 Å². The van der Waals surface area contributed by atoms with Crippen LogP contribution in [0.5, 0.6) is 5.88 Å². The van der Waals surface area contributed by atoms with Crippen LogP contribution in [0, 0.1) is 3.57 Å². The first-order valence-corrected chi connectivity index (χ1v) is 7.77. The molecule has 1 aliphatic heterocycles. The summed E-state index contributed by atoms with van der Waals surface area (Å²) < 4.78 is 6.94. The molecular formula is C15H16IN3O. The van der Waals surface area contributed by atoms with E-state index in [1.807, 2.05) is 0 Å². The molecule has 2 aromatic rings. The van der Waals surface area contributed by atoms with Crippen LogP contribution in [0.4, 0.5) is 0 Å². The first kappa shape index (κ1) is 13.8. The Morgan fingerprint density at radius 2 is 2.15 bits per heavy atom. The van der Waals surface area contributed by atoms with E-state index < -0.39 is 0 Å². The third-order valence-electron chi connectivity index (χ3n) is 3.39. The molecule has 1 fully saturated rings. The molecular weight excluding hydrogens is 365 g/mol. The van der Waals surface area contributed by atoms with Gasteiger partial charge in [-0.3, -0.25) is 4.90 Å². The Morgan fingerprint density at radius 1 is 1.30 bits per heavy atom. The van der Waals surface area contributed by atoms with Crippen molar-refractivity contribution < 1.29 is 4.74 Å². The zero-order chi connectivity index (χ0) is 13.8. The summed E-state index contributed by atoms with van der Waals surface area (Å²) in [5.41, 5.74) is 1.35. The van der Waals surface area contributed by atoms with E-state index in [9.17, 15) is 0 Å². The van der Waals surface area contributed by atoms with E-state index in [-0.39, 0.29) is 6.10 Å². The van der Waals surface area contributed by atoms with Crippen LogP contribution in [0.2, 0.25) is 0 Å². The van der Waals surface area contributed by atoms with Crippen LogP contribution in [0.15, 0.2) is 42.9 Å². The van der Waals surface area contributed by atoms with E-state index in [2.05, 4.69) is 67.8 Å². The molecule has 2 heterocycles. The highest BCUT2D eigenvalue weighted by molar-refractivity contribution is 14.1. The highest BCUT2D eigenvalue weighted by Gasteiger charge is 2.24. The second-order valence-electron chi connectivity index (χ2n) is 4.93. The normalized spacial score (nSPS) is 19.1. The van der Waals surface area contributed by atoms with Crippen molar-refractivity contribution in [2.24, 2.45) is 0 Å². The van der Waals surface area contributed by atoms with Crippen molar-refractivity contribution in [2.75, 3.05) is 13.1 Å². The number of ether oxygens (including phenoxy) is 1. The predicted molar refractivity (Wildman–Crippen MR) is 85.5 cm³/mol. The largest absolute Gasteiger partial charge is 0.472 e. The highest BCUT2D eigenvalue weighted by Crippen LogP contribution is 2.21. The van der Waals surface area contributed by atoms with Crippen molar-refractivity contribution in [3.63, 3.8) is 0 Å². The van der Waals surface area contributed by atoms with E-state index in [1.165, 1.54) is 11.9 Å². The molecule has 3 rings (SSSR count). The Kier molecular flexibility index (Phi) is 4.47. The van der Waals surface area contributed by atoms with Crippen LogP contribution in [-0.4, -0.2) is 34.1 Å². The number of likely N-dealkylation sites (tertiary alicyclic amines) is 1. The van der Waals surface area contributed by atoms with Gasteiger partial charge in [-0.05, 0) is 34.6 Å². The summed E-state index contributed by atoms with van der Waals surface area (Å²) in [4.78, 5) is 10.6. The van der Waals surface area contributed by atoms with Crippen LogP contribution < -0.4 is 4.74 Å². The first-order valence-electron chi connectivity index (χ1n) is 6.70. The highest BCUT2D eigenvalue weighted by atomic mass is 127. The molecule has 0 aliphatic carbocycles. The van der Waals surface area contributed by atoms with Crippen molar-refractivity contribution in [1.82, 2.24) is 14.9 Å². The summed E-state index contributed by atoms with van der Waals surface area (Å²) in [5.74, 6) is 0.701. The number of hydrogen-bond donors (Lipinski definition) is 0. The number of aromatic nitrogens is 2. The zero-order valence-electron chi connectivity index (χ0n) is 11.1. The Bertz CT molecular complexity index is 564. The number of nitrogens with zero attached hydrogens (tertiary/aromatic N) is 3. The summed E-state index contributed by atoms with van der Waals surface area (Å²) in [6, 6.07) is 10.6. The lowest BCUT2D eigenvalue weighted by Crippen LogP contribution is -2.25. The Balaban J connectivity index is 1.56. The van der Waals surface area contributed by atoms with Crippen molar-refractivity contribution >= 4 is 22.6 Å². The predicted octanol–water partition coefficient (Wildman–Crippen LogP) is 2.73. The van der Waals surface area contributed by atoms with Crippen molar-refractivity contribution in [3.8, 4) is 5.88 Å². The fourth-order valence-corrected chi connectivity index (χ4v) is 2.85. The van der Waals surface area contributed by atoms with Crippen molar-refractivity contribution in [1.29, 1.82) is 0 Å². The molecule has 0 amide bonds. The maximum absolute atomic E-state index is 5.97. The standard InChI is InChI=1S/C15H16IN3O/c16-14-8-17-11-18-15(14)20-13-6-7-19(10-13)9-12-4-2-1-3-5-12/h1-5,8,11,13H,6-7,9-10H2. The van der Waals surface area contributed by atoms with E-state index in [0.29, 0.717) is 5.88 Å². The smallest absolute Gasteiger partial charge is 0.230 e. The minimum atomic E-state index is 0.224. The van der Waals surface area contributed by atoms with E-state index in [1.54, 1.807) is 6.20 Å². The SMILES string of the molecule is Ic1cncnc1OC1CCN(Cc2ccccc2)C1. The zero-order valence-corrected chi connectivity index (χ0v) is 13.2. The van der Waals surface area contributed by atoms with Gasteiger partial charge in [-0.2, -0.15) is 0 Å². The van der Waals surface area contributed by atoms with Crippen LogP contribution in [0.25, 0.3) is 0 Å². The molecule has 0 saturated carbocycles. The van der Waals surface area contributed by atoms with Gasteiger partial charge in [0.15, 0.2) is 0 Å². The lowest BCUT2D eigenvalue weighted by atomic mass is 10.2. The third-order valence-corrected chi connectivity index (χ3v) is 4.13. The second kappa shape index (κ2) is 6.49. The average molecular weight is 381 g/mol. The van der Waals surface area contributed by atoms with Gasteiger partial charge >= 0.3 is 0 Å². The number of hydrogen-bond acceptors (Lipinski definition) is 4. The molecule has 1 unspecified atom stereocenters. The fraction of sp³-hybridized carbons (Fsp3) is 0.333. The molecule has 1 atom stereocenters. The van der Waals surface area contributed by atoms with Crippen LogP contribution in [0.1, 0.15) is 12.0 Å². The van der Waals surface area contributed by atoms with Gasteiger partial charge in [0.25, 0.3) is 0 Å². The molecule has 4 nitrogen and oxygen atoms in total. The minimum absolute atomic E-state index is 0.224. The molecule has 1 saturated heterocycles. The monoisotopic (exact) mass is 381 g/mol. The van der Waals surface area contributed by atoms with Gasteiger partial charge in [-0.1, -0.05) is 30.3 Å². The molecule has 0 spiro atoms. The van der Waals surface area contributed by atoms with Gasteiger partial charge in [0.1, 0.15) is 12.4 Å². The van der Waals surface area contributed by atoms with Gasteiger partial charge in [0.2, 0.25) is 5.88 Å². The second-order valence-corrected chi connectivity index (χ2v) is 6.09. The first-order chi connectivity index (χ1) is 9.81. The summed E-state index contributed by atoms with van der Waals surface area (Å²) in [6.07, 6.45) is 4.59. The van der Waals surface area contributed by atoms with Crippen LogP contribution in [-0.2, 0) is 6.54 Å². The molecule has 104 valence electrons. The van der Waals surface area contributed by atoms with E-state index >= 15 is 0 Å². The molecule has 0 N–H and O–H groups in total. The van der Waals surface area contributed by atoms with Gasteiger partial charge < -0.3 is 4.74 Å². The van der Waals surface area contributed by atoms with Crippen LogP contribution in [0.3, 0.4) is 0 Å². The lowest BCUT2D eigenvalue weighted by Gasteiger charge is -2.16. The number of halogens is 1. The minimum Gasteiger partial charge on any atom is -0.472 e. The van der Waals surface area contributed by atoms with Gasteiger partial charge in [-0.15, -0.1) is 0 Å². The molecule has 1 aromatic carbocycles. The average Bonchev–Trinajstić information content (AvgIpc) is 2.90. The molecule has 1 aliphatic rings. The van der Waals surface area contributed by atoms with Crippen molar-refractivity contribution in [3.05, 3.63) is 52.0 Å². The van der Waals surface area contributed by atoms with E-state index in [0.717, 1.165) is 29.6 Å². The van der Waals surface area contributed by atoms with Gasteiger partial charge in [0, 0.05) is 25.8 Å². The molecule has 20 heavy (non-hydrogen) atoms. The summed E-state index contributed by atoms with van der Waals surface area (Å²) in [5, 5.41) is 0. The van der Waals surface area contributed by atoms with Gasteiger partial charge in [0.05, 0.1) is 3.57 Å².